The molecule has 6 heteroatoms. The fourth-order valence-electron chi connectivity index (χ4n) is 1.81. The van der Waals surface area contributed by atoms with Crippen molar-refractivity contribution in [2.75, 3.05) is 11.9 Å². The molecule has 2 atom stereocenters. The van der Waals surface area contributed by atoms with Crippen molar-refractivity contribution in [1.82, 2.24) is 15.3 Å². The number of carbonyl (C=O) groups is 1. The Hall–Kier alpha value is -1.01. The second-order valence-electron chi connectivity index (χ2n) is 3.85. The third-order valence-electron chi connectivity index (χ3n) is 2.73. The first kappa shape index (κ1) is 11.5. The molecule has 2 unspecified atom stereocenters. The van der Waals surface area contributed by atoms with Crippen molar-refractivity contribution in [3.05, 3.63) is 17.0 Å². The van der Waals surface area contributed by atoms with E-state index in [2.05, 4.69) is 36.5 Å². The molecule has 16 heavy (non-hydrogen) atoms. The molecule has 2 heterocycles. The lowest BCUT2D eigenvalue weighted by Gasteiger charge is -2.14. The molecule has 1 saturated heterocycles. The zero-order valence-electron chi connectivity index (χ0n) is 8.90. The predicted molar refractivity (Wildman–Crippen MR) is 63.9 cm³/mol. The van der Waals surface area contributed by atoms with Crippen LogP contribution in [0.3, 0.4) is 0 Å². The Morgan fingerprint density at radius 1 is 1.56 bits per heavy atom. The van der Waals surface area contributed by atoms with Crippen molar-refractivity contribution in [3.8, 4) is 0 Å². The van der Waals surface area contributed by atoms with Crippen molar-refractivity contribution in [2.24, 2.45) is 5.92 Å². The lowest BCUT2D eigenvalue weighted by atomic mass is 10.0. The largest absolute Gasteiger partial charge is 0.313 e. The van der Waals surface area contributed by atoms with Crippen LogP contribution in [0.1, 0.15) is 13.3 Å². The number of amides is 1. The van der Waals surface area contributed by atoms with Crippen LogP contribution in [0.4, 0.5) is 5.82 Å². The Balaban J connectivity index is 1.99. The Morgan fingerprint density at radius 3 is 2.94 bits per heavy atom. The van der Waals surface area contributed by atoms with E-state index in [4.69, 9.17) is 0 Å². The van der Waals surface area contributed by atoms with E-state index in [1.165, 1.54) is 6.20 Å². The summed E-state index contributed by atoms with van der Waals surface area (Å²) in [7, 11) is 0. The van der Waals surface area contributed by atoms with Gasteiger partial charge in [-0.25, -0.2) is 9.97 Å². The van der Waals surface area contributed by atoms with Crippen LogP contribution in [0.25, 0.3) is 0 Å². The summed E-state index contributed by atoms with van der Waals surface area (Å²) in [5.41, 5.74) is 0. The zero-order chi connectivity index (χ0) is 11.5. The van der Waals surface area contributed by atoms with Crippen LogP contribution >= 0.6 is 15.9 Å². The normalized spacial score (nSPS) is 24.4. The summed E-state index contributed by atoms with van der Waals surface area (Å²) in [6.07, 6.45) is 3.97. The van der Waals surface area contributed by atoms with Crippen molar-refractivity contribution >= 4 is 27.7 Å². The minimum absolute atomic E-state index is 0.00845. The third-order valence-corrected chi connectivity index (χ3v) is 3.14. The quantitative estimate of drug-likeness (QED) is 0.856. The number of rotatable bonds is 2. The molecular weight excluding hydrogens is 272 g/mol. The Morgan fingerprint density at radius 2 is 2.38 bits per heavy atom. The monoisotopic (exact) mass is 284 g/mol. The molecule has 0 radical (unpaired) electrons. The fourth-order valence-corrected chi connectivity index (χ4v) is 2.02. The van der Waals surface area contributed by atoms with E-state index < -0.39 is 0 Å². The minimum atomic E-state index is 0.00845. The topological polar surface area (TPSA) is 66.9 Å². The second kappa shape index (κ2) is 4.88. The minimum Gasteiger partial charge on any atom is -0.313 e. The van der Waals surface area contributed by atoms with Gasteiger partial charge in [0.25, 0.3) is 0 Å². The number of carbonyl (C=O) groups excluding carboxylic acids is 1. The van der Waals surface area contributed by atoms with Crippen molar-refractivity contribution in [3.63, 3.8) is 0 Å². The number of anilines is 1. The summed E-state index contributed by atoms with van der Waals surface area (Å²) in [5, 5.41) is 6.01. The highest BCUT2D eigenvalue weighted by Gasteiger charge is 2.29. The number of halogens is 1. The Bertz CT molecular complexity index is 381. The van der Waals surface area contributed by atoms with Crippen LogP contribution in [0.15, 0.2) is 17.0 Å². The Labute approximate surface area is 102 Å². The maximum Gasteiger partial charge on any atom is 0.230 e. The SMILES string of the molecule is CC1NCCC1C(=O)Nc1cnc(Br)cn1. The van der Waals surface area contributed by atoms with Crippen LogP contribution in [0.2, 0.25) is 0 Å². The van der Waals surface area contributed by atoms with Gasteiger partial charge in [0.15, 0.2) is 5.82 Å². The van der Waals surface area contributed by atoms with E-state index in [0.717, 1.165) is 13.0 Å². The smallest absolute Gasteiger partial charge is 0.230 e. The van der Waals surface area contributed by atoms with Crippen molar-refractivity contribution in [2.45, 2.75) is 19.4 Å². The summed E-state index contributed by atoms with van der Waals surface area (Å²) in [6.45, 7) is 2.91. The lowest BCUT2D eigenvalue weighted by molar-refractivity contribution is -0.120. The summed E-state index contributed by atoms with van der Waals surface area (Å²) >= 11 is 3.19. The Kier molecular flexibility index (Phi) is 3.50. The molecular formula is C10H13BrN4O. The van der Waals surface area contributed by atoms with Gasteiger partial charge in [0.05, 0.1) is 18.3 Å². The van der Waals surface area contributed by atoms with Gasteiger partial charge in [-0.3, -0.25) is 4.79 Å². The molecule has 1 aliphatic rings. The van der Waals surface area contributed by atoms with E-state index in [9.17, 15) is 4.79 Å². The molecule has 0 aromatic carbocycles. The summed E-state index contributed by atoms with van der Waals surface area (Å²) < 4.78 is 0.654. The summed E-state index contributed by atoms with van der Waals surface area (Å²) in [6, 6.07) is 0.225. The van der Waals surface area contributed by atoms with Crippen LogP contribution < -0.4 is 10.6 Å². The van der Waals surface area contributed by atoms with Gasteiger partial charge >= 0.3 is 0 Å². The summed E-state index contributed by atoms with van der Waals surface area (Å²) in [5.74, 6) is 0.520. The van der Waals surface area contributed by atoms with Crippen molar-refractivity contribution < 1.29 is 4.79 Å². The average Bonchev–Trinajstić information content (AvgIpc) is 2.68. The molecule has 5 nitrogen and oxygen atoms in total. The van der Waals surface area contributed by atoms with Gasteiger partial charge in [-0.15, -0.1) is 0 Å². The standard InChI is InChI=1S/C10H13BrN4O/c1-6-7(2-3-12-6)10(16)15-9-5-13-8(11)4-14-9/h4-7,12H,2-3H2,1H3,(H,14,15,16). The van der Waals surface area contributed by atoms with Crippen LogP contribution in [-0.4, -0.2) is 28.5 Å². The molecule has 0 saturated carbocycles. The number of hydrogen-bond acceptors (Lipinski definition) is 4. The first-order valence-corrected chi connectivity index (χ1v) is 5.98. The highest BCUT2D eigenvalue weighted by molar-refractivity contribution is 9.10. The molecule has 0 aliphatic carbocycles. The van der Waals surface area contributed by atoms with Crippen LogP contribution in [0, 0.1) is 5.92 Å². The van der Waals surface area contributed by atoms with Gasteiger partial charge in [-0.1, -0.05) is 0 Å². The predicted octanol–water partition coefficient (Wildman–Crippen LogP) is 1.18. The van der Waals surface area contributed by atoms with E-state index >= 15 is 0 Å². The number of nitrogens with one attached hydrogen (secondary N) is 2. The molecule has 1 aromatic heterocycles. The lowest BCUT2D eigenvalue weighted by Crippen LogP contribution is -2.32. The number of aromatic nitrogens is 2. The first-order valence-electron chi connectivity index (χ1n) is 5.18. The summed E-state index contributed by atoms with van der Waals surface area (Å²) in [4.78, 5) is 19.9. The van der Waals surface area contributed by atoms with Crippen LogP contribution in [0.5, 0.6) is 0 Å². The second-order valence-corrected chi connectivity index (χ2v) is 4.66. The van der Waals surface area contributed by atoms with E-state index in [-0.39, 0.29) is 17.9 Å². The van der Waals surface area contributed by atoms with E-state index in [1.807, 2.05) is 6.92 Å². The number of hydrogen-bond donors (Lipinski definition) is 2. The first-order chi connectivity index (χ1) is 7.66. The highest BCUT2D eigenvalue weighted by Crippen LogP contribution is 2.17. The van der Waals surface area contributed by atoms with Gasteiger partial charge in [0.1, 0.15) is 4.60 Å². The average molecular weight is 285 g/mol. The van der Waals surface area contributed by atoms with Gasteiger partial charge in [-0.05, 0) is 35.8 Å². The van der Waals surface area contributed by atoms with Crippen LogP contribution in [-0.2, 0) is 4.79 Å². The number of nitrogens with zero attached hydrogens (tertiary/aromatic N) is 2. The maximum atomic E-state index is 11.9. The van der Waals surface area contributed by atoms with E-state index in [0.29, 0.717) is 10.4 Å². The zero-order valence-corrected chi connectivity index (χ0v) is 10.5. The molecule has 1 aromatic rings. The molecule has 86 valence electrons. The van der Waals surface area contributed by atoms with Gasteiger partial charge in [-0.2, -0.15) is 0 Å². The molecule has 2 rings (SSSR count). The van der Waals surface area contributed by atoms with E-state index in [1.54, 1.807) is 6.20 Å². The molecule has 1 fully saturated rings. The molecule has 0 bridgehead atoms. The third kappa shape index (κ3) is 2.56. The molecule has 2 N–H and O–H groups in total. The molecule has 1 amide bonds. The fraction of sp³-hybridized carbons (Fsp3) is 0.500. The molecule has 1 aliphatic heterocycles. The van der Waals surface area contributed by atoms with Gasteiger partial charge in [0, 0.05) is 6.04 Å². The maximum absolute atomic E-state index is 11.9. The van der Waals surface area contributed by atoms with Gasteiger partial charge < -0.3 is 10.6 Å². The highest BCUT2D eigenvalue weighted by atomic mass is 79.9. The van der Waals surface area contributed by atoms with Crippen molar-refractivity contribution in [1.29, 1.82) is 0 Å². The molecule has 0 spiro atoms. The van der Waals surface area contributed by atoms with Gasteiger partial charge in [0.2, 0.25) is 5.91 Å².